The Morgan fingerprint density at radius 2 is 0.958 bits per heavy atom. The lowest BCUT2D eigenvalue weighted by molar-refractivity contribution is 0.537. The van der Waals surface area contributed by atoms with Crippen LogP contribution in [0.4, 0.5) is 0 Å². The Bertz CT molecular complexity index is 744. The molecule has 0 aliphatic rings. The standard InChI is InChI=1S/C21H23N3/c1-5-21(18-12-6-9-15(2)22-18,19-13-7-10-16(3)23-19)20-14-8-11-17(4)24-20/h6-14H,5H2,1-4H3. The van der Waals surface area contributed by atoms with Crippen LogP contribution in [0.1, 0.15) is 47.5 Å². The SMILES string of the molecule is CCC(c1cccc(C)n1)(c1cccc(C)n1)c1cccc(C)n1. The van der Waals surface area contributed by atoms with Crippen LogP contribution >= 0.6 is 0 Å². The van der Waals surface area contributed by atoms with Gasteiger partial charge in [-0.1, -0.05) is 25.1 Å². The van der Waals surface area contributed by atoms with Crippen molar-refractivity contribution in [3.63, 3.8) is 0 Å². The van der Waals surface area contributed by atoms with Gasteiger partial charge in [-0.3, -0.25) is 15.0 Å². The third-order valence-electron chi connectivity index (χ3n) is 4.51. The molecule has 0 bridgehead atoms. The lowest BCUT2D eigenvalue weighted by atomic mass is 9.74. The highest BCUT2D eigenvalue weighted by Gasteiger charge is 2.39. The zero-order valence-electron chi connectivity index (χ0n) is 14.7. The van der Waals surface area contributed by atoms with Crippen LogP contribution in [0, 0.1) is 20.8 Å². The fourth-order valence-electron chi connectivity index (χ4n) is 3.28. The monoisotopic (exact) mass is 317 g/mol. The van der Waals surface area contributed by atoms with E-state index in [0.717, 1.165) is 40.6 Å². The lowest BCUT2D eigenvalue weighted by Crippen LogP contribution is -2.32. The van der Waals surface area contributed by atoms with Gasteiger partial charge >= 0.3 is 0 Å². The highest BCUT2D eigenvalue weighted by atomic mass is 14.8. The van der Waals surface area contributed by atoms with Crippen molar-refractivity contribution in [2.75, 3.05) is 0 Å². The Balaban J connectivity index is 2.34. The number of rotatable bonds is 4. The molecule has 0 atom stereocenters. The first-order valence-electron chi connectivity index (χ1n) is 8.38. The van der Waals surface area contributed by atoms with E-state index in [9.17, 15) is 0 Å². The highest BCUT2D eigenvalue weighted by molar-refractivity contribution is 5.43. The summed E-state index contributed by atoms with van der Waals surface area (Å²) in [5.41, 5.74) is 5.58. The van der Waals surface area contributed by atoms with Crippen molar-refractivity contribution in [2.45, 2.75) is 39.5 Å². The van der Waals surface area contributed by atoms with E-state index < -0.39 is 5.41 Å². The van der Waals surface area contributed by atoms with E-state index in [-0.39, 0.29) is 0 Å². The maximum Gasteiger partial charge on any atom is 0.0964 e. The van der Waals surface area contributed by atoms with Crippen LogP contribution in [0.5, 0.6) is 0 Å². The van der Waals surface area contributed by atoms with Crippen LogP contribution < -0.4 is 0 Å². The van der Waals surface area contributed by atoms with Crippen molar-refractivity contribution < 1.29 is 0 Å². The van der Waals surface area contributed by atoms with Gasteiger partial charge in [0.1, 0.15) is 0 Å². The highest BCUT2D eigenvalue weighted by Crippen LogP contribution is 2.39. The Kier molecular flexibility index (Phi) is 4.43. The van der Waals surface area contributed by atoms with Gasteiger partial charge in [-0.25, -0.2) is 0 Å². The predicted molar refractivity (Wildman–Crippen MR) is 97.1 cm³/mol. The number of aryl methyl sites for hydroxylation is 3. The molecule has 0 saturated carbocycles. The minimum atomic E-state index is -0.440. The smallest absolute Gasteiger partial charge is 0.0964 e. The molecule has 24 heavy (non-hydrogen) atoms. The number of hydrogen-bond acceptors (Lipinski definition) is 3. The lowest BCUT2D eigenvalue weighted by Gasteiger charge is -2.32. The second-order valence-electron chi connectivity index (χ2n) is 6.25. The molecule has 0 aliphatic carbocycles. The zero-order valence-corrected chi connectivity index (χ0v) is 14.7. The maximum absolute atomic E-state index is 4.85. The van der Waals surface area contributed by atoms with E-state index in [1.54, 1.807) is 0 Å². The summed E-state index contributed by atoms with van der Waals surface area (Å²) in [5, 5.41) is 0. The first-order valence-corrected chi connectivity index (χ1v) is 8.38. The minimum Gasteiger partial charge on any atom is -0.257 e. The second-order valence-corrected chi connectivity index (χ2v) is 6.25. The van der Waals surface area contributed by atoms with E-state index in [1.165, 1.54) is 0 Å². The summed E-state index contributed by atoms with van der Waals surface area (Å²) in [4.78, 5) is 14.5. The minimum absolute atomic E-state index is 0.440. The molecule has 3 aromatic rings. The molecule has 0 amide bonds. The van der Waals surface area contributed by atoms with Gasteiger partial charge in [-0.2, -0.15) is 0 Å². The van der Waals surface area contributed by atoms with Crippen LogP contribution in [0.3, 0.4) is 0 Å². The van der Waals surface area contributed by atoms with Gasteiger partial charge in [-0.15, -0.1) is 0 Å². The summed E-state index contributed by atoms with van der Waals surface area (Å²) in [6.07, 6.45) is 0.844. The third kappa shape index (κ3) is 2.82. The molecule has 3 heterocycles. The van der Waals surface area contributed by atoms with Gasteiger partial charge < -0.3 is 0 Å². The fraction of sp³-hybridized carbons (Fsp3) is 0.286. The molecular formula is C21H23N3. The molecule has 0 unspecified atom stereocenters. The van der Waals surface area contributed by atoms with Crippen molar-refractivity contribution in [3.8, 4) is 0 Å². The van der Waals surface area contributed by atoms with Crippen molar-refractivity contribution in [1.82, 2.24) is 15.0 Å². The molecule has 0 aliphatic heterocycles. The third-order valence-corrected chi connectivity index (χ3v) is 4.51. The summed E-state index contributed by atoms with van der Waals surface area (Å²) < 4.78 is 0. The summed E-state index contributed by atoms with van der Waals surface area (Å²) in [6, 6.07) is 18.5. The predicted octanol–water partition coefficient (Wildman–Crippen LogP) is 4.54. The summed E-state index contributed by atoms with van der Waals surface area (Å²) in [6.45, 7) is 8.25. The van der Waals surface area contributed by atoms with Gasteiger partial charge in [0.2, 0.25) is 0 Å². The molecule has 0 spiro atoms. The molecule has 0 saturated heterocycles. The zero-order chi connectivity index (χ0) is 17.2. The van der Waals surface area contributed by atoms with Crippen molar-refractivity contribution in [2.24, 2.45) is 0 Å². The molecule has 0 fully saturated rings. The van der Waals surface area contributed by atoms with Crippen LogP contribution in [-0.2, 0) is 5.41 Å². The molecule has 3 nitrogen and oxygen atoms in total. The quantitative estimate of drug-likeness (QED) is 0.709. The first kappa shape index (κ1) is 16.3. The number of nitrogens with zero attached hydrogens (tertiary/aromatic N) is 3. The van der Waals surface area contributed by atoms with E-state index in [0.29, 0.717) is 0 Å². The van der Waals surface area contributed by atoms with Gasteiger partial charge in [-0.05, 0) is 63.6 Å². The Morgan fingerprint density at radius 3 is 1.21 bits per heavy atom. The van der Waals surface area contributed by atoms with Crippen molar-refractivity contribution >= 4 is 0 Å². The molecule has 0 radical (unpaired) electrons. The second kappa shape index (κ2) is 6.52. The summed E-state index contributed by atoms with van der Waals surface area (Å²) >= 11 is 0. The average Bonchev–Trinajstić information content (AvgIpc) is 2.56. The van der Waals surface area contributed by atoms with Gasteiger partial charge in [0.15, 0.2) is 0 Å². The van der Waals surface area contributed by atoms with E-state index in [1.807, 2.05) is 39.0 Å². The van der Waals surface area contributed by atoms with E-state index >= 15 is 0 Å². The van der Waals surface area contributed by atoms with Crippen LogP contribution in [-0.4, -0.2) is 15.0 Å². The first-order chi connectivity index (χ1) is 11.6. The fourth-order valence-corrected chi connectivity index (χ4v) is 3.28. The maximum atomic E-state index is 4.85. The molecule has 3 aromatic heterocycles. The van der Waals surface area contributed by atoms with Crippen molar-refractivity contribution in [1.29, 1.82) is 0 Å². The van der Waals surface area contributed by atoms with E-state index in [2.05, 4.69) is 43.3 Å². The molecule has 0 aromatic carbocycles. The molecular weight excluding hydrogens is 294 g/mol. The van der Waals surface area contributed by atoms with Gasteiger partial charge in [0.05, 0.1) is 22.5 Å². The van der Waals surface area contributed by atoms with E-state index in [4.69, 9.17) is 15.0 Å². The van der Waals surface area contributed by atoms with Crippen molar-refractivity contribution in [3.05, 3.63) is 88.8 Å². The largest absolute Gasteiger partial charge is 0.257 e. The molecule has 3 rings (SSSR count). The molecule has 122 valence electrons. The molecule has 3 heteroatoms. The Hall–Kier alpha value is -2.55. The van der Waals surface area contributed by atoms with Crippen LogP contribution in [0.2, 0.25) is 0 Å². The summed E-state index contributed by atoms with van der Waals surface area (Å²) in [7, 11) is 0. The Morgan fingerprint density at radius 1 is 0.625 bits per heavy atom. The Labute approximate surface area is 143 Å². The normalized spacial score (nSPS) is 11.5. The summed E-state index contributed by atoms with van der Waals surface area (Å²) in [5.74, 6) is 0. The van der Waals surface area contributed by atoms with Crippen LogP contribution in [0.15, 0.2) is 54.6 Å². The number of hydrogen-bond donors (Lipinski definition) is 0. The van der Waals surface area contributed by atoms with Crippen LogP contribution in [0.25, 0.3) is 0 Å². The number of aromatic nitrogens is 3. The topological polar surface area (TPSA) is 38.7 Å². The molecule has 0 N–H and O–H groups in total. The number of pyridine rings is 3. The van der Waals surface area contributed by atoms with Gasteiger partial charge in [0, 0.05) is 17.1 Å². The average molecular weight is 317 g/mol. The van der Waals surface area contributed by atoms with Gasteiger partial charge in [0.25, 0.3) is 0 Å².